The summed E-state index contributed by atoms with van der Waals surface area (Å²) in [6.07, 6.45) is 5.57. The van der Waals surface area contributed by atoms with Gasteiger partial charge in [0.2, 0.25) is 0 Å². The second-order valence-corrected chi connectivity index (χ2v) is 7.09. The summed E-state index contributed by atoms with van der Waals surface area (Å²) >= 11 is 5.23. The molecule has 0 bridgehead atoms. The van der Waals surface area contributed by atoms with E-state index in [2.05, 4.69) is 61.1 Å². The van der Waals surface area contributed by atoms with Gasteiger partial charge in [0, 0.05) is 29.4 Å². The van der Waals surface area contributed by atoms with Crippen LogP contribution in [0.2, 0.25) is 0 Å². The molecule has 21 heavy (non-hydrogen) atoms. The zero-order chi connectivity index (χ0) is 14.5. The van der Waals surface area contributed by atoms with Crippen LogP contribution in [-0.4, -0.2) is 23.1 Å². The molecule has 0 aliphatic carbocycles. The number of hydrogen-bond donors (Lipinski definition) is 0. The molecule has 1 fully saturated rings. The van der Waals surface area contributed by atoms with Crippen molar-refractivity contribution in [3.05, 3.63) is 46.7 Å². The summed E-state index contributed by atoms with van der Waals surface area (Å²) in [6.45, 7) is 2.24. The first-order valence-corrected chi connectivity index (χ1v) is 9.03. The Labute approximate surface area is 138 Å². The monoisotopic (exact) mass is 363 g/mol. The van der Waals surface area contributed by atoms with Crippen molar-refractivity contribution in [1.29, 1.82) is 0 Å². The van der Waals surface area contributed by atoms with Gasteiger partial charge in [-0.2, -0.15) is 0 Å². The second-order valence-electron chi connectivity index (χ2n) is 5.18. The number of anilines is 1. The van der Waals surface area contributed by atoms with E-state index in [1.54, 1.807) is 18.1 Å². The van der Waals surface area contributed by atoms with Crippen molar-refractivity contribution in [2.75, 3.05) is 18.0 Å². The van der Waals surface area contributed by atoms with Crippen LogP contribution in [0.1, 0.15) is 24.8 Å². The third-order valence-corrected chi connectivity index (χ3v) is 5.13. The van der Waals surface area contributed by atoms with Crippen LogP contribution < -0.4 is 4.90 Å². The molecule has 0 atom stereocenters. The van der Waals surface area contributed by atoms with Crippen molar-refractivity contribution in [3.8, 4) is 0 Å². The molecular formula is C16H18BrN3S. The fourth-order valence-corrected chi connectivity index (χ4v) is 3.52. The summed E-state index contributed by atoms with van der Waals surface area (Å²) in [5.41, 5.74) is 1.31. The van der Waals surface area contributed by atoms with Gasteiger partial charge in [-0.3, -0.25) is 0 Å². The molecule has 0 radical (unpaired) electrons. The van der Waals surface area contributed by atoms with Crippen LogP contribution >= 0.6 is 27.7 Å². The molecule has 0 amide bonds. The Kier molecular flexibility index (Phi) is 5.14. The Morgan fingerprint density at radius 3 is 2.57 bits per heavy atom. The molecule has 0 spiro atoms. The van der Waals surface area contributed by atoms with Crippen LogP contribution in [0.15, 0.2) is 46.2 Å². The molecule has 2 heterocycles. The number of aromatic nitrogens is 2. The van der Waals surface area contributed by atoms with Crippen LogP contribution in [0.3, 0.4) is 0 Å². The molecule has 3 nitrogen and oxygen atoms in total. The van der Waals surface area contributed by atoms with Crippen LogP contribution in [-0.2, 0) is 5.75 Å². The van der Waals surface area contributed by atoms with Gasteiger partial charge in [-0.05, 0) is 37.0 Å². The van der Waals surface area contributed by atoms with Gasteiger partial charge in [0.05, 0.1) is 0 Å². The Hall–Kier alpha value is -1.07. The minimum Gasteiger partial charge on any atom is -0.356 e. The molecule has 5 heteroatoms. The molecule has 0 N–H and O–H groups in total. The van der Waals surface area contributed by atoms with Gasteiger partial charge in [-0.15, -0.1) is 11.8 Å². The average Bonchev–Trinajstić information content (AvgIpc) is 2.55. The van der Waals surface area contributed by atoms with Gasteiger partial charge >= 0.3 is 0 Å². The summed E-state index contributed by atoms with van der Waals surface area (Å²) in [6, 6.07) is 10.6. The summed E-state index contributed by atoms with van der Waals surface area (Å²) in [5.74, 6) is 2.01. The Morgan fingerprint density at radius 1 is 1.05 bits per heavy atom. The topological polar surface area (TPSA) is 29.0 Å². The largest absolute Gasteiger partial charge is 0.356 e. The van der Waals surface area contributed by atoms with Crippen molar-refractivity contribution < 1.29 is 0 Å². The highest BCUT2D eigenvalue weighted by Gasteiger charge is 2.12. The standard InChI is InChI=1S/C16H18BrN3S/c17-14-6-4-13(5-7-14)11-21-16-10-15(18-12-19-16)20-8-2-1-3-9-20/h4-7,10,12H,1-3,8-9,11H2. The van der Waals surface area contributed by atoms with E-state index in [4.69, 9.17) is 0 Å². The van der Waals surface area contributed by atoms with E-state index >= 15 is 0 Å². The van der Waals surface area contributed by atoms with Crippen molar-refractivity contribution in [2.45, 2.75) is 30.0 Å². The number of benzene rings is 1. The Bertz CT molecular complexity index is 582. The maximum Gasteiger partial charge on any atom is 0.133 e. The molecule has 1 aromatic carbocycles. The SMILES string of the molecule is Brc1ccc(CSc2cc(N3CCCCC3)ncn2)cc1. The lowest BCUT2D eigenvalue weighted by molar-refractivity contribution is 0.572. The van der Waals surface area contributed by atoms with Crippen molar-refractivity contribution in [3.63, 3.8) is 0 Å². The van der Waals surface area contributed by atoms with E-state index in [-0.39, 0.29) is 0 Å². The van der Waals surface area contributed by atoms with Gasteiger partial charge in [0.25, 0.3) is 0 Å². The number of hydrogen-bond acceptors (Lipinski definition) is 4. The van der Waals surface area contributed by atoms with E-state index in [0.717, 1.165) is 34.2 Å². The lowest BCUT2D eigenvalue weighted by atomic mass is 10.1. The molecule has 1 aliphatic rings. The van der Waals surface area contributed by atoms with E-state index in [1.165, 1.54) is 24.8 Å². The maximum absolute atomic E-state index is 4.42. The highest BCUT2D eigenvalue weighted by Crippen LogP contribution is 2.25. The van der Waals surface area contributed by atoms with Crippen LogP contribution in [0.25, 0.3) is 0 Å². The zero-order valence-corrected chi connectivity index (χ0v) is 14.2. The predicted molar refractivity (Wildman–Crippen MR) is 91.8 cm³/mol. The van der Waals surface area contributed by atoms with Crippen LogP contribution in [0.4, 0.5) is 5.82 Å². The number of thioether (sulfide) groups is 1. The molecule has 0 unspecified atom stereocenters. The van der Waals surface area contributed by atoms with Crippen molar-refractivity contribution >= 4 is 33.5 Å². The van der Waals surface area contributed by atoms with E-state index < -0.39 is 0 Å². The third kappa shape index (κ3) is 4.20. The van der Waals surface area contributed by atoms with Crippen molar-refractivity contribution in [1.82, 2.24) is 9.97 Å². The lowest BCUT2D eigenvalue weighted by Gasteiger charge is -2.27. The first kappa shape index (κ1) is 14.9. The van der Waals surface area contributed by atoms with Gasteiger partial charge in [0.1, 0.15) is 17.2 Å². The van der Waals surface area contributed by atoms with Crippen LogP contribution in [0.5, 0.6) is 0 Å². The molecule has 1 saturated heterocycles. The Balaban J connectivity index is 1.64. The van der Waals surface area contributed by atoms with Gasteiger partial charge < -0.3 is 4.90 Å². The molecule has 3 rings (SSSR count). The number of rotatable bonds is 4. The zero-order valence-electron chi connectivity index (χ0n) is 11.8. The summed E-state index contributed by atoms with van der Waals surface area (Å²) in [7, 11) is 0. The van der Waals surface area contributed by atoms with E-state index in [0.29, 0.717) is 0 Å². The molecule has 2 aromatic rings. The molecular weight excluding hydrogens is 346 g/mol. The van der Waals surface area contributed by atoms with E-state index in [9.17, 15) is 0 Å². The number of nitrogens with zero attached hydrogens (tertiary/aromatic N) is 3. The summed E-state index contributed by atoms with van der Waals surface area (Å²) < 4.78 is 1.12. The first-order valence-electron chi connectivity index (χ1n) is 7.25. The summed E-state index contributed by atoms with van der Waals surface area (Å²) in [5, 5.41) is 1.05. The lowest BCUT2D eigenvalue weighted by Crippen LogP contribution is -2.30. The highest BCUT2D eigenvalue weighted by atomic mass is 79.9. The number of halogens is 1. The fourth-order valence-electron chi connectivity index (χ4n) is 2.44. The average molecular weight is 364 g/mol. The molecule has 1 aliphatic heterocycles. The molecule has 110 valence electrons. The Morgan fingerprint density at radius 2 is 1.81 bits per heavy atom. The van der Waals surface area contributed by atoms with Gasteiger partial charge in [-0.1, -0.05) is 28.1 Å². The second kappa shape index (κ2) is 7.27. The normalized spacial score (nSPS) is 15.2. The fraction of sp³-hybridized carbons (Fsp3) is 0.375. The smallest absolute Gasteiger partial charge is 0.133 e. The van der Waals surface area contributed by atoms with Gasteiger partial charge in [0.15, 0.2) is 0 Å². The first-order chi connectivity index (χ1) is 10.3. The predicted octanol–water partition coefficient (Wildman–Crippen LogP) is 4.52. The van der Waals surface area contributed by atoms with E-state index in [1.807, 2.05) is 0 Å². The quantitative estimate of drug-likeness (QED) is 0.589. The minimum absolute atomic E-state index is 0.934. The minimum atomic E-state index is 0.934. The van der Waals surface area contributed by atoms with Crippen LogP contribution in [0, 0.1) is 0 Å². The maximum atomic E-state index is 4.42. The molecule has 0 saturated carbocycles. The number of piperidine rings is 1. The van der Waals surface area contributed by atoms with Gasteiger partial charge in [-0.25, -0.2) is 9.97 Å². The molecule has 1 aromatic heterocycles. The summed E-state index contributed by atoms with van der Waals surface area (Å²) in [4.78, 5) is 11.2. The highest BCUT2D eigenvalue weighted by molar-refractivity contribution is 9.10. The third-order valence-electron chi connectivity index (χ3n) is 3.61. The van der Waals surface area contributed by atoms with Crippen molar-refractivity contribution in [2.24, 2.45) is 0 Å².